The van der Waals surface area contributed by atoms with E-state index in [0.717, 1.165) is 11.4 Å². The van der Waals surface area contributed by atoms with Crippen molar-refractivity contribution in [3.8, 4) is 5.75 Å². The molecule has 3 rings (SSSR count). The predicted molar refractivity (Wildman–Crippen MR) is 109 cm³/mol. The van der Waals surface area contributed by atoms with Crippen molar-refractivity contribution in [1.29, 1.82) is 0 Å². The molecule has 0 aliphatic carbocycles. The highest BCUT2D eigenvalue weighted by Crippen LogP contribution is 2.43. The Labute approximate surface area is 169 Å². The van der Waals surface area contributed by atoms with Crippen LogP contribution in [-0.4, -0.2) is 48.3 Å². The van der Waals surface area contributed by atoms with Crippen LogP contribution < -0.4 is 9.64 Å². The zero-order valence-electron chi connectivity index (χ0n) is 16.7. The molecule has 2 aliphatic heterocycles. The van der Waals surface area contributed by atoms with Gasteiger partial charge in [-0.3, -0.25) is 19.5 Å². The first-order valence-corrected chi connectivity index (χ1v) is 10.2. The Morgan fingerprint density at radius 2 is 1.86 bits per heavy atom. The second kappa shape index (κ2) is 8.53. The Bertz CT molecular complexity index is 766. The van der Waals surface area contributed by atoms with Gasteiger partial charge in [-0.05, 0) is 36.1 Å². The number of esters is 1. The fourth-order valence-electron chi connectivity index (χ4n) is 3.47. The number of fused-ring (bicyclic) bond motifs is 1. The number of amidine groups is 1. The molecule has 0 spiro atoms. The van der Waals surface area contributed by atoms with Gasteiger partial charge in [-0.2, -0.15) is 0 Å². The Hall–Kier alpha value is -2.06. The zero-order valence-corrected chi connectivity index (χ0v) is 17.6. The molecule has 0 radical (unpaired) electrons. The summed E-state index contributed by atoms with van der Waals surface area (Å²) >= 11 is 1.44. The summed E-state index contributed by atoms with van der Waals surface area (Å²) in [5.41, 5.74) is 0.525. The molecule has 7 nitrogen and oxygen atoms in total. The summed E-state index contributed by atoms with van der Waals surface area (Å²) in [5, 5.41) is 0.625. The van der Waals surface area contributed by atoms with Gasteiger partial charge in [-0.15, -0.1) is 0 Å². The molecular formula is C20H26N2O5S. The van der Waals surface area contributed by atoms with E-state index in [-0.39, 0.29) is 47.9 Å². The Morgan fingerprint density at radius 1 is 1.18 bits per heavy atom. The quantitative estimate of drug-likeness (QED) is 0.715. The second-order valence-corrected chi connectivity index (χ2v) is 8.20. The number of nitrogens with zero attached hydrogens (tertiary/aromatic N) is 2. The smallest absolute Gasteiger partial charge is 0.302 e. The van der Waals surface area contributed by atoms with Crippen molar-refractivity contribution >= 4 is 34.5 Å². The first-order chi connectivity index (χ1) is 13.3. The molecule has 0 saturated carbocycles. The van der Waals surface area contributed by atoms with E-state index in [9.17, 15) is 9.59 Å². The molecule has 5 atom stereocenters. The van der Waals surface area contributed by atoms with Gasteiger partial charge in [0.2, 0.25) is 5.91 Å². The minimum absolute atomic E-state index is 0.0522. The van der Waals surface area contributed by atoms with Gasteiger partial charge in [0.15, 0.2) is 5.17 Å². The standard InChI is InChI=1S/C20H26N2O5S/c1-11-12(2)18-19(27-17(11)10-26-14(4)24)28-20(21-18)22(13(3)23)15-6-8-16(25-5)9-7-15/h6-9,11-12,17-19H,10H2,1-5H3/t11-,12-,17+,18+,19+/m0/s1. The molecule has 0 N–H and O–H groups in total. The van der Waals surface area contributed by atoms with Crippen molar-refractivity contribution in [2.24, 2.45) is 16.8 Å². The number of hydrogen-bond donors (Lipinski definition) is 0. The van der Waals surface area contributed by atoms with Crippen LogP contribution in [0.3, 0.4) is 0 Å². The first kappa shape index (κ1) is 20.7. The topological polar surface area (TPSA) is 77.4 Å². The van der Waals surface area contributed by atoms with E-state index in [0.29, 0.717) is 5.17 Å². The summed E-state index contributed by atoms with van der Waals surface area (Å²) < 4.78 is 16.5. The fraction of sp³-hybridized carbons (Fsp3) is 0.550. The summed E-state index contributed by atoms with van der Waals surface area (Å²) in [6.45, 7) is 7.36. The van der Waals surface area contributed by atoms with Crippen LogP contribution >= 0.6 is 11.8 Å². The lowest BCUT2D eigenvalue weighted by Crippen LogP contribution is -2.47. The molecule has 0 bridgehead atoms. The number of carbonyl (C=O) groups is 2. The summed E-state index contributed by atoms with van der Waals surface area (Å²) in [6.07, 6.45) is -0.186. The van der Waals surface area contributed by atoms with Crippen LogP contribution in [0.4, 0.5) is 5.69 Å². The molecule has 28 heavy (non-hydrogen) atoms. The van der Waals surface area contributed by atoms with Gasteiger partial charge < -0.3 is 14.2 Å². The van der Waals surface area contributed by atoms with Gasteiger partial charge in [0.25, 0.3) is 0 Å². The van der Waals surface area contributed by atoms with E-state index in [2.05, 4.69) is 13.8 Å². The lowest BCUT2D eigenvalue weighted by atomic mass is 9.83. The average molecular weight is 407 g/mol. The zero-order chi connectivity index (χ0) is 20.4. The number of methoxy groups -OCH3 is 1. The third-order valence-corrected chi connectivity index (χ3v) is 6.43. The Balaban J connectivity index is 1.80. The Kier molecular flexibility index (Phi) is 6.30. The minimum Gasteiger partial charge on any atom is -0.497 e. The van der Waals surface area contributed by atoms with Crippen molar-refractivity contribution in [3.63, 3.8) is 0 Å². The lowest BCUT2D eigenvalue weighted by Gasteiger charge is -2.40. The number of benzene rings is 1. The minimum atomic E-state index is -0.316. The van der Waals surface area contributed by atoms with Crippen LogP contribution in [0.1, 0.15) is 27.7 Å². The molecule has 8 heteroatoms. The third kappa shape index (κ3) is 4.17. The highest BCUT2D eigenvalue weighted by Gasteiger charge is 2.47. The molecule has 0 unspecified atom stereocenters. The van der Waals surface area contributed by atoms with Crippen molar-refractivity contribution in [1.82, 2.24) is 0 Å². The van der Waals surface area contributed by atoms with Crippen LogP contribution in [0.2, 0.25) is 0 Å². The molecule has 1 fully saturated rings. The second-order valence-electron chi connectivity index (χ2n) is 7.14. The van der Waals surface area contributed by atoms with Crippen molar-refractivity contribution in [3.05, 3.63) is 24.3 Å². The number of amides is 1. The van der Waals surface area contributed by atoms with E-state index in [4.69, 9.17) is 19.2 Å². The molecule has 1 aromatic carbocycles. The van der Waals surface area contributed by atoms with Crippen LogP contribution in [0, 0.1) is 11.8 Å². The number of aliphatic imine (C=N–C) groups is 1. The molecule has 2 heterocycles. The summed E-state index contributed by atoms with van der Waals surface area (Å²) in [4.78, 5) is 30.0. The molecule has 1 saturated heterocycles. The largest absolute Gasteiger partial charge is 0.497 e. The van der Waals surface area contributed by atoms with E-state index < -0.39 is 0 Å². The number of thioether (sulfide) groups is 1. The lowest BCUT2D eigenvalue weighted by molar-refractivity contribution is -0.152. The van der Waals surface area contributed by atoms with Gasteiger partial charge in [-0.1, -0.05) is 25.6 Å². The normalized spacial score (nSPS) is 28.9. The van der Waals surface area contributed by atoms with Gasteiger partial charge in [-0.25, -0.2) is 0 Å². The third-order valence-electron chi connectivity index (χ3n) is 5.31. The predicted octanol–water partition coefficient (Wildman–Crippen LogP) is 3.08. The molecule has 152 valence electrons. The summed E-state index contributed by atoms with van der Waals surface area (Å²) in [5.74, 6) is 0.696. The maximum atomic E-state index is 12.4. The van der Waals surface area contributed by atoms with Crippen molar-refractivity contribution < 1.29 is 23.8 Å². The number of anilines is 1. The molecule has 2 aliphatic rings. The number of rotatable bonds is 4. The maximum Gasteiger partial charge on any atom is 0.302 e. The van der Waals surface area contributed by atoms with Gasteiger partial charge in [0.05, 0.1) is 24.9 Å². The SMILES string of the molecule is COc1ccc(N(C(C)=O)C2=N[C@@H]3[C@@H](C)[C@H](C)[C@@H](COC(C)=O)O[C@@H]3S2)cc1. The van der Waals surface area contributed by atoms with Crippen molar-refractivity contribution in [2.75, 3.05) is 18.6 Å². The van der Waals surface area contributed by atoms with E-state index in [1.165, 1.54) is 25.6 Å². The molecule has 1 amide bonds. The summed E-state index contributed by atoms with van der Waals surface area (Å²) in [7, 11) is 1.60. The summed E-state index contributed by atoms with van der Waals surface area (Å²) in [6, 6.07) is 7.25. The van der Waals surface area contributed by atoms with E-state index >= 15 is 0 Å². The van der Waals surface area contributed by atoms with E-state index in [1.54, 1.807) is 12.0 Å². The molecule has 1 aromatic rings. The monoisotopic (exact) mass is 406 g/mol. The maximum absolute atomic E-state index is 12.4. The molecule has 0 aromatic heterocycles. The van der Waals surface area contributed by atoms with Gasteiger partial charge in [0, 0.05) is 13.8 Å². The number of ether oxygens (including phenoxy) is 3. The van der Waals surface area contributed by atoms with Gasteiger partial charge >= 0.3 is 5.97 Å². The van der Waals surface area contributed by atoms with Crippen LogP contribution in [0.15, 0.2) is 29.3 Å². The van der Waals surface area contributed by atoms with Crippen LogP contribution in [0.5, 0.6) is 5.75 Å². The Morgan fingerprint density at radius 3 is 2.43 bits per heavy atom. The van der Waals surface area contributed by atoms with E-state index in [1.807, 2.05) is 24.3 Å². The van der Waals surface area contributed by atoms with Crippen LogP contribution in [-0.2, 0) is 19.1 Å². The fourth-order valence-corrected chi connectivity index (χ4v) is 4.85. The molecular weight excluding hydrogens is 380 g/mol. The number of carbonyl (C=O) groups excluding carboxylic acids is 2. The van der Waals surface area contributed by atoms with Crippen LogP contribution in [0.25, 0.3) is 0 Å². The van der Waals surface area contributed by atoms with Crippen molar-refractivity contribution in [2.45, 2.75) is 45.3 Å². The highest BCUT2D eigenvalue weighted by atomic mass is 32.2. The first-order valence-electron chi connectivity index (χ1n) is 9.29. The van der Waals surface area contributed by atoms with Gasteiger partial charge in [0.1, 0.15) is 17.8 Å². The average Bonchev–Trinajstić information content (AvgIpc) is 3.07. The number of hydrogen-bond acceptors (Lipinski definition) is 7. The highest BCUT2D eigenvalue weighted by molar-refractivity contribution is 8.15.